The molecule has 2 aromatic rings. The van der Waals surface area contributed by atoms with Crippen LogP contribution in [0.5, 0.6) is 0 Å². The summed E-state index contributed by atoms with van der Waals surface area (Å²) in [7, 11) is 0.958. The van der Waals surface area contributed by atoms with Crippen LogP contribution in [0.15, 0.2) is 45.9 Å². The lowest BCUT2D eigenvalue weighted by Gasteiger charge is -2.16. The van der Waals surface area contributed by atoms with Gasteiger partial charge in [0.05, 0.1) is 12.1 Å². The van der Waals surface area contributed by atoms with Crippen molar-refractivity contribution in [2.75, 3.05) is 21.1 Å². The van der Waals surface area contributed by atoms with Crippen molar-refractivity contribution in [1.82, 2.24) is 9.21 Å². The van der Waals surface area contributed by atoms with E-state index in [1.54, 1.807) is 13.1 Å². The highest BCUT2D eigenvalue weighted by Gasteiger charge is 2.30. The average Bonchev–Trinajstić information content (AvgIpc) is 2.95. The number of halogens is 3. The first kappa shape index (κ1) is 19.5. The van der Waals surface area contributed by atoms with Gasteiger partial charge in [0.1, 0.15) is 5.76 Å². The molecule has 0 radical (unpaired) electrons. The van der Waals surface area contributed by atoms with Crippen molar-refractivity contribution in [2.45, 2.75) is 24.4 Å². The van der Waals surface area contributed by atoms with Crippen molar-refractivity contribution >= 4 is 10.0 Å². The number of alkyl halides is 3. The maximum atomic E-state index is 12.5. The van der Waals surface area contributed by atoms with E-state index in [9.17, 15) is 21.6 Å². The summed E-state index contributed by atoms with van der Waals surface area (Å²) in [6.45, 7) is 0.721. The Balaban J connectivity index is 2.01. The third kappa shape index (κ3) is 4.83. The van der Waals surface area contributed by atoms with E-state index in [1.807, 2.05) is 4.90 Å². The standard InChI is InChI=1S/C16H19F3N2O3S/c1-20(2)25(22,23)15-9-8-14(24-15)11-21(3)10-12-4-6-13(7-5-12)16(17,18)19/h4-9H,10-11H2,1-3H3. The van der Waals surface area contributed by atoms with Crippen LogP contribution in [0.25, 0.3) is 0 Å². The van der Waals surface area contributed by atoms with Crippen LogP contribution in [-0.2, 0) is 29.3 Å². The zero-order valence-corrected chi connectivity index (χ0v) is 14.9. The molecule has 0 bridgehead atoms. The summed E-state index contributed by atoms with van der Waals surface area (Å²) in [5.41, 5.74) is 0.0201. The second kappa shape index (κ2) is 7.19. The van der Waals surface area contributed by atoms with Crippen molar-refractivity contribution in [3.8, 4) is 0 Å². The highest BCUT2D eigenvalue weighted by atomic mass is 32.2. The van der Waals surface area contributed by atoms with Gasteiger partial charge in [-0.3, -0.25) is 4.90 Å². The summed E-state index contributed by atoms with van der Waals surface area (Å²) in [4.78, 5) is 1.81. The van der Waals surface area contributed by atoms with Gasteiger partial charge >= 0.3 is 6.18 Å². The molecule has 0 saturated heterocycles. The average molecular weight is 376 g/mol. The van der Waals surface area contributed by atoms with Gasteiger partial charge in [0.2, 0.25) is 5.09 Å². The smallest absolute Gasteiger partial charge is 0.416 e. The first-order chi connectivity index (χ1) is 11.5. The van der Waals surface area contributed by atoms with Crippen molar-refractivity contribution in [1.29, 1.82) is 0 Å². The first-order valence-corrected chi connectivity index (χ1v) is 8.80. The van der Waals surface area contributed by atoms with Gasteiger partial charge in [-0.2, -0.15) is 13.2 Å². The summed E-state index contributed by atoms with van der Waals surface area (Å²) in [5, 5.41) is -0.143. The van der Waals surface area contributed by atoms with E-state index in [2.05, 4.69) is 0 Å². The molecule has 0 amide bonds. The highest BCUT2D eigenvalue weighted by Crippen LogP contribution is 2.29. The number of benzene rings is 1. The fraction of sp³-hybridized carbons (Fsp3) is 0.375. The molecule has 0 aliphatic carbocycles. The zero-order chi connectivity index (χ0) is 18.8. The molecule has 0 fully saturated rings. The molecule has 25 heavy (non-hydrogen) atoms. The maximum Gasteiger partial charge on any atom is 0.416 e. The van der Waals surface area contributed by atoms with Gasteiger partial charge in [-0.05, 0) is 36.9 Å². The molecule has 0 spiro atoms. The Hall–Kier alpha value is -1.84. The minimum absolute atomic E-state index is 0.143. The van der Waals surface area contributed by atoms with Gasteiger partial charge in [-0.15, -0.1) is 0 Å². The Morgan fingerprint density at radius 2 is 1.56 bits per heavy atom. The Morgan fingerprint density at radius 3 is 2.08 bits per heavy atom. The Bertz CT molecular complexity index is 812. The largest absolute Gasteiger partial charge is 0.447 e. The molecule has 0 aliphatic heterocycles. The van der Waals surface area contributed by atoms with Crippen LogP contribution in [0.1, 0.15) is 16.9 Å². The summed E-state index contributed by atoms with van der Waals surface area (Å²) in [5.74, 6) is 0.454. The summed E-state index contributed by atoms with van der Waals surface area (Å²) >= 11 is 0. The van der Waals surface area contributed by atoms with E-state index in [-0.39, 0.29) is 5.09 Å². The minimum atomic E-state index is -4.35. The summed E-state index contributed by atoms with van der Waals surface area (Å²) < 4.78 is 68.0. The van der Waals surface area contributed by atoms with Crippen molar-refractivity contribution in [3.05, 3.63) is 53.3 Å². The summed E-state index contributed by atoms with van der Waals surface area (Å²) in [6, 6.07) is 7.87. The zero-order valence-electron chi connectivity index (χ0n) is 14.0. The number of hydrogen-bond donors (Lipinski definition) is 0. The SMILES string of the molecule is CN(Cc1ccc(C(F)(F)F)cc1)Cc1ccc(S(=O)(=O)N(C)C)o1. The lowest BCUT2D eigenvalue weighted by atomic mass is 10.1. The molecule has 138 valence electrons. The molecule has 0 atom stereocenters. The van der Waals surface area contributed by atoms with E-state index >= 15 is 0 Å². The van der Waals surface area contributed by atoms with Gasteiger partial charge in [0, 0.05) is 20.6 Å². The van der Waals surface area contributed by atoms with Crippen LogP contribution in [0.4, 0.5) is 13.2 Å². The number of furan rings is 1. The predicted octanol–water partition coefficient (Wildman–Crippen LogP) is 3.18. The van der Waals surface area contributed by atoms with E-state index < -0.39 is 21.8 Å². The molecule has 1 aromatic carbocycles. The van der Waals surface area contributed by atoms with E-state index in [1.165, 1.54) is 32.3 Å². The maximum absolute atomic E-state index is 12.5. The molecular weight excluding hydrogens is 357 g/mol. The van der Waals surface area contributed by atoms with Gasteiger partial charge < -0.3 is 4.42 Å². The van der Waals surface area contributed by atoms with E-state index in [4.69, 9.17) is 4.42 Å². The van der Waals surface area contributed by atoms with Crippen LogP contribution in [0, 0.1) is 0 Å². The molecule has 0 aliphatic rings. The third-order valence-electron chi connectivity index (χ3n) is 3.53. The van der Waals surface area contributed by atoms with Crippen LogP contribution in [-0.4, -0.2) is 38.8 Å². The van der Waals surface area contributed by atoms with Crippen molar-refractivity contribution in [3.63, 3.8) is 0 Å². The lowest BCUT2D eigenvalue weighted by Crippen LogP contribution is -2.21. The fourth-order valence-electron chi connectivity index (χ4n) is 2.19. The fourth-order valence-corrected chi connectivity index (χ4v) is 3.01. The molecule has 1 heterocycles. The number of rotatable bonds is 6. The topological polar surface area (TPSA) is 53.8 Å². The van der Waals surface area contributed by atoms with Crippen molar-refractivity contribution in [2.24, 2.45) is 0 Å². The van der Waals surface area contributed by atoms with E-state index in [0.29, 0.717) is 24.4 Å². The monoisotopic (exact) mass is 376 g/mol. The third-order valence-corrected chi connectivity index (χ3v) is 5.22. The summed E-state index contributed by atoms with van der Waals surface area (Å²) in [6.07, 6.45) is -4.35. The molecule has 1 aromatic heterocycles. The lowest BCUT2D eigenvalue weighted by molar-refractivity contribution is -0.137. The second-order valence-electron chi connectivity index (χ2n) is 5.88. The Labute approximate surface area is 144 Å². The second-order valence-corrected chi connectivity index (χ2v) is 7.96. The van der Waals surface area contributed by atoms with Crippen molar-refractivity contribution < 1.29 is 26.0 Å². The molecule has 9 heteroatoms. The molecule has 5 nitrogen and oxygen atoms in total. The number of nitrogens with zero attached hydrogens (tertiary/aromatic N) is 2. The quantitative estimate of drug-likeness (QED) is 0.777. The van der Waals surface area contributed by atoms with Crippen LogP contribution in [0.3, 0.4) is 0 Å². The van der Waals surface area contributed by atoms with Crippen LogP contribution >= 0.6 is 0 Å². The number of hydrogen-bond acceptors (Lipinski definition) is 4. The van der Waals surface area contributed by atoms with Gasteiger partial charge in [-0.25, -0.2) is 12.7 Å². The van der Waals surface area contributed by atoms with Gasteiger partial charge in [0.15, 0.2) is 0 Å². The Morgan fingerprint density at radius 1 is 0.960 bits per heavy atom. The molecular formula is C16H19F3N2O3S. The predicted molar refractivity (Wildman–Crippen MR) is 86.2 cm³/mol. The minimum Gasteiger partial charge on any atom is -0.447 e. The molecule has 0 unspecified atom stereocenters. The molecule has 0 N–H and O–H groups in total. The number of sulfonamides is 1. The highest BCUT2D eigenvalue weighted by molar-refractivity contribution is 7.88. The molecule has 2 rings (SSSR count). The first-order valence-electron chi connectivity index (χ1n) is 7.36. The molecule has 0 saturated carbocycles. The normalized spacial score (nSPS) is 13.0. The van der Waals surface area contributed by atoms with Gasteiger partial charge in [-0.1, -0.05) is 12.1 Å². The van der Waals surface area contributed by atoms with Crippen LogP contribution < -0.4 is 0 Å². The Kier molecular flexibility index (Phi) is 5.60. The van der Waals surface area contributed by atoms with Crippen LogP contribution in [0.2, 0.25) is 0 Å². The van der Waals surface area contributed by atoms with E-state index in [0.717, 1.165) is 16.4 Å². The van der Waals surface area contributed by atoms with Gasteiger partial charge in [0.25, 0.3) is 10.0 Å².